The van der Waals surface area contributed by atoms with Gasteiger partial charge in [0.25, 0.3) is 0 Å². The number of esters is 1. The van der Waals surface area contributed by atoms with E-state index in [1.54, 1.807) is 6.08 Å². The SMILES string of the molecule is CCCCCCC/C=C\CCCCCCCC(=O)OCCCCCCCCCCCCCCCCCC/C=C\CCCCCCCCCCCCCCCCCCCC(=O)NC(CO)C(O)/C=C/CCCCCCCCCCCCC. The molecule has 0 spiro atoms. The van der Waals surface area contributed by atoms with Crippen LogP contribution in [0.2, 0.25) is 0 Å². The zero-order chi connectivity index (χ0) is 58.5. The van der Waals surface area contributed by atoms with Gasteiger partial charge in [0.05, 0.1) is 25.4 Å². The van der Waals surface area contributed by atoms with Gasteiger partial charge in [0, 0.05) is 12.8 Å². The summed E-state index contributed by atoms with van der Waals surface area (Å²) in [5.41, 5.74) is 0. The number of allylic oxidation sites excluding steroid dienone is 5. The molecule has 0 fully saturated rings. The largest absolute Gasteiger partial charge is 0.466 e. The van der Waals surface area contributed by atoms with E-state index in [2.05, 4.69) is 43.5 Å². The van der Waals surface area contributed by atoms with Gasteiger partial charge in [0.2, 0.25) is 5.91 Å². The number of aliphatic hydroxyl groups excluding tert-OH is 2. The quantitative estimate of drug-likeness (QED) is 0.0320. The highest BCUT2D eigenvalue weighted by Crippen LogP contribution is 2.19. The molecule has 0 bridgehead atoms. The van der Waals surface area contributed by atoms with E-state index in [1.165, 1.54) is 334 Å². The monoisotopic (exact) mass is 1140 g/mol. The Morgan fingerprint density at radius 3 is 0.877 bits per heavy atom. The van der Waals surface area contributed by atoms with E-state index in [0.29, 0.717) is 19.4 Å². The number of carbonyl (C=O) groups excluding carboxylic acids is 2. The van der Waals surface area contributed by atoms with Gasteiger partial charge in [-0.2, -0.15) is 0 Å². The second-order valence-electron chi connectivity index (χ2n) is 25.3. The van der Waals surface area contributed by atoms with Crippen LogP contribution in [0.25, 0.3) is 0 Å². The molecular weight excluding hydrogens is 995 g/mol. The van der Waals surface area contributed by atoms with Gasteiger partial charge in [0.15, 0.2) is 0 Å². The van der Waals surface area contributed by atoms with Crippen LogP contribution < -0.4 is 5.32 Å². The number of hydrogen-bond acceptors (Lipinski definition) is 5. The maximum Gasteiger partial charge on any atom is 0.305 e. The molecule has 2 unspecified atom stereocenters. The molecule has 0 aromatic carbocycles. The number of amides is 1. The molecule has 0 aliphatic heterocycles. The van der Waals surface area contributed by atoms with Crippen molar-refractivity contribution in [1.82, 2.24) is 5.32 Å². The Labute approximate surface area is 506 Å². The molecule has 3 N–H and O–H groups in total. The number of rotatable bonds is 69. The van der Waals surface area contributed by atoms with Gasteiger partial charge < -0.3 is 20.3 Å². The Balaban J connectivity index is 3.33. The van der Waals surface area contributed by atoms with Crippen molar-refractivity contribution in [2.75, 3.05) is 13.2 Å². The van der Waals surface area contributed by atoms with Crippen LogP contribution in [-0.2, 0) is 14.3 Å². The van der Waals surface area contributed by atoms with Crippen LogP contribution in [0.3, 0.4) is 0 Å². The first-order valence-electron chi connectivity index (χ1n) is 36.8. The third kappa shape index (κ3) is 67.1. The van der Waals surface area contributed by atoms with E-state index in [9.17, 15) is 19.8 Å². The average molecular weight is 1140 g/mol. The number of nitrogens with one attached hydrogen (secondary N) is 1. The van der Waals surface area contributed by atoms with Crippen molar-refractivity contribution >= 4 is 11.9 Å². The Hall–Kier alpha value is -1.92. The van der Waals surface area contributed by atoms with Crippen LogP contribution >= 0.6 is 0 Å². The van der Waals surface area contributed by atoms with Crippen molar-refractivity contribution in [1.29, 1.82) is 0 Å². The third-order valence-electron chi connectivity index (χ3n) is 17.1. The van der Waals surface area contributed by atoms with Crippen LogP contribution in [-0.4, -0.2) is 47.4 Å². The zero-order valence-corrected chi connectivity index (χ0v) is 54.8. The molecule has 0 heterocycles. The fourth-order valence-corrected chi connectivity index (χ4v) is 11.5. The van der Waals surface area contributed by atoms with E-state index in [0.717, 1.165) is 44.9 Å². The molecule has 6 heteroatoms. The van der Waals surface area contributed by atoms with E-state index in [1.807, 2.05) is 6.08 Å². The second-order valence-corrected chi connectivity index (χ2v) is 25.3. The summed E-state index contributed by atoms with van der Waals surface area (Å²) >= 11 is 0. The first-order chi connectivity index (χ1) is 40.0. The Morgan fingerprint density at radius 1 is 0.333 bits per heavy atom. The molecule has 2 atom stereocenters. The highest BCUT2D eigenvalue weighted by Gasteiger charge is 2.18. The molecule has 6 nitrogen and oxygen atoms in total. The minimum atomic E-state index is -0.841. The molecule has 0 rings (SSSR count). The minimum Gasteiger partial charge on any atom is -0.466 e. The van der Waals surface area contributed by atoms with Crippen molar-refractivity contribution in [3.8, 4) is 0 Å². The first-order valence-corrected chi connectivity index (χ1v) is 36.8. The molecule has 0 aromatic heterocycles. The van der Waals surface area contributed by atoms with Crippen LogP contribution in [0.15, 0.2) is 36.5 Å². The second kappa shape index (κ2) is 70.6. The lowest BCUT2D eigenvalue weighted by Crippen LogP contribution is -2.45. The summed E-state index contributed by atoms with van der Waals surface area (Å²) in [4.78, 5) is 24.5. The van der Waals surface area contributed by atoms with E-state index < -0.39 is 12.1 Å². The fraction of sp³-hybridized carbons (Fsp3) is 0.893. The van der Waals surface area contributed by atoms with Gasteiger partial charge in [-0.1, -0.05) is 346 Å². The van der Waals surface area contributed by atoms with Crippen LogP contribution in [0.5, 0.6) is 0 Å². The highest BCUT2D eigenvalue weighted by molar-refractivity contribution is 5.76. The average Bonchev–Trinajstić information content (AvgIpc) is 3.47. The van der Waals surface area contributed by atoms with E-state index in [-0.39, 0.29) is 18.5 Å². The predicted octanol–water partition coefficient (Wildman–Crippen LogP) is 23.9. The summed E-state index contributed by atoms with van der Waals surface area (Å²) in [5, 5.41) is 23.1. The topological polar surface area (TPSA) is 95.9 Å². The minimum absolute atomic E-state index is 0.0130. The van der Waals surface area contributed by atoms with E-state index >= 15 is 0 Å². The number of aliphatic hydroxyl groups is 2. The molecule has 0 radical (unpaired) electrons. The van der Waals surface area contributed by atoms with Crippen molar-refractivity contribution < 1.29 is 24.5 Å². The predicted molar refractivity (Wildman–Crippen MR) is 356 cm³/mol. The lowest BCUT2D eigenvalue weighted by atomic mass is 10.0. The van der Waals surface area contributed by atoms with Crippen LogP contribution in [0.1, 0.15) is 406 Å². The Kier molecular flexibility index (Phi) is 68.9. The van der Waals surface area contributed by atoms with Gasteiger partial charge in [-0.15, -0.1) is 0 Å². The summed E-state index contributed by atoms with van der Waals surface area (Å²) in [6.07, 6.45) is 91.1. The fourth-order valence-electron chi connectivity index (χ4n) is 11.5. The van der Waals surface area contributed by atoms with Gasteiger partial charge >= 0.3 is 5.97 Å². The van der Waals surface area contributed by atoms with Crippen molar-refractivity contribution in [3.63, 3.8) is 0 Å². The van der Waals surface area contributed by atoms with Gasteiger partial charge in [-0.3, -0.25) is 9.59 Å². The van der Waals surface area contributed by atoms with Crippen molar-refractivity contribution in [2.45, 2.75) is 418 Å². The maximum absolute atomic E-state index is 12.5. The smallest absolute Gasteiger partial charge is 0.305 e. The van der Waals surface area contributed by atoms with Gasteiger partial charge in [0.1, 0.15) is 0 Å². The molecule has 478 valence electrons. The molecule has 81 heavy (non-hydrogen) atoms. The van der Waals surface area contributed by atoms with Crippen molar-refractivity contribution in [3.05, 3.63) is 36.5 Å². The summed E-state index contributed by atoms with van der Waals surface area (Å²) in [6.45, 7) is 4.92. The summed E-state index contributed by atoms with van der Waals surface area (Å²) in [5.74, 6) is -0.0495. The molecule has 0 aliphatic rings. The first kappa shape index (κ1) is 79.1. The van der Waals surface area contributed by atoms with E-state index in [4.69, 9.17) is 4.74 Å². The van der Waals surface area contributed by atoms with Crippen LogP contribution in [0.4, 0.5) is 0 Å². The molecular formula is C75H143NO5. The highest BCUT2D eigenvalue weighted by atomic mass is 16.5. The summed E-state index contributed by atoms with van der Waals surface area (Å²) in [6, 6.07) is -0.624. The zero-order valence-electron chi connectivity index (χ0n) is 54.8. The molecule has 0 saturated carbocycles. The number of unbranched alkanes of at least 4 members (excludes halogenated alkanes) is 54. The standard InChI is InChI=1S/C75H143NO5/c1-3-5-7-9-11-13-15-17-45-49-53-57-61-65-69-75(80)81-70-66-62-58-54-50-46-42-40-38-36-34-32-30-28-26-24-22-20-18-19-21-23-25-27-29-31-33-35-37-39-41-44-48-52-56-60-64-68-74(79)76-72(71-77)73(78)67-63-59-55-51-47-43-16-14-12-10-8-6-4-2/h15,17-18,20,63,67,72-73,77-78H,3-14,16,19,21-62,64-66,68-71H2,1-2H3,(H,76,79)/b17-15-,20-18-,67-63+. The van der Waals surface area contributed by atoms with Gasteiger partial charge in [-0.05, 0) is 83.5 Å². The Morgan fingerprint density at radius 2 is 0.580 bits per heavy atom. The number of ether oxygens (including phenoxy) is 1. The van der Waals surface area contributed by atoms with Crippen LogP contribution in [0, 0.1) is 0 Å². The lowest BCUT2D eigenvalue weighted by molar-refractivity contribution is -0.143. The summed E-state index contributed by atoms with van der Waals surface area (Å²) in [7, 11) is 0. The number of carbonyl (C=O) groups is 2. The molecule has 0 saturated heterocycles. The molecule has 0 aliphatic carbocycles. The summed E-state index contributed by atoms with van der Waals surface area (Å²) < 4.78 is 5.49. The maximum atomic E-state index is 12.5. The lowest BCUT2D eigenvalue weighted by Gasteiger charge is -2.20. The molecule has 0 aromatic rings. The normalized spacial score (nSPS) is 12.7. The number of hydrogen-bond donors (Lipinski definition) is 3. The molecule has 1 amide bonds. The third-order valence-corrected chi connectivity index (χ3v) is 17.1. The Bertz CT molecular complexity index is 1310. The van der Waals surface area contributed by atoms with Gasteiger partial charge in [-0.25, -0.2) is 0 Å². The van der Waals surface area contributed by atoms with Crippen molar-refractivity contribution in [2.24, 2.45) is 0 Å².